The number of fused-ring (bicyclic) bond motifs is 1. The second-order valence-corrected chi connectivity index (χ2v) is 12.4. The van der Waals surface area contributed by atoms with Crippen LogP contribution >= 0.6 is 0 Å². The van der Waals surface area contributed by atoms with E-state index in [2.05, 4.69) is 40.8 Å². The first-order valence-electron chi connectivity index (χ1n) is 7.63. The first-order chi connectivity index (χ1) is 9.63. The highest BCUT2D eigenvalue weighted by Gasteiger charge is 2.51. The van der Waals surface area contributed by atoms with Gasteiger partial charge in [0.15, 0.2) is 8.24 Å². The summed E-state index contributed by atoms with van der Waals surface area (Å²) >= 11 is 0. The van der Waals surface area contributed by atoms with E-state index in [1.54, 1.807) is 6.07 Å². The zero-order valence-corrected chi connectivity index (χ0v) is 14.9. The van der Waals surface area contributed by atoms with Gasteiger partial charge < -0.3 is 4.57 Å². The SMILES string of the molecule is CCCc1cccc2c1N([Si](C)(C)C(C)(C)C)C(=O)C2=O. The first-order valence-corrected chi connectivity index (χ1v) is 10.6. The molecule has 1 amide bonds. The van der Waals surface area contributed by atoms with E-state index in [9.17, 15) is 9.59 Å². The van der Waals surface area contributed by atoms with Crippen LogP contribution in [0.1, 0.15) is 50.0 Å². The molecule has 0 aromatic heterocycles. The third-order valence-electron chi connectivity index (χ3n) is 4.90. The van der Waals surface area contributed by atoms with Gasteiger partial charge in [-0.1, -0.05) is 59.3 Å². The van der Waals surface area contributed by atoms with Crippen LogP contribution in [0.4, 0.5) is 5.69 Å². The number of hydrogen-bond donors (Lipinski definition) is 0. The highest BCUT2D eigenvalue weighted by atomic mass is 28.3. The minimum atomic E-state index is -2.13. The van der Waals surface area contributed by atoms with E-state index in [-0.39, 0.29) is 16.7 Å². The second-order valence-electron chi connectivity index (χ2n) is 7.34. The van der Waals surface area contributed by atoms with Crippen molar-refractivity contribution in [3.8, 4) is 0 Å². The molecule has 1 heterocycles. The van der Waals surface area contributed by atoms with Crippen molar-refractivity contribution in [3.05, 3.63) is 29.3 Å². The van der Waals surface area contributed by atoms with E-state index in [1.165, 1.54) is 0 Å². The van der Waals surface area contributed by atoms with Crippen LogP contribution in [-0.4, -0.2) is 19.9 Å². The molecule has 0 saturated heterocycles. The van der Waals surface area contributed by atoms with E-state index in [0.29, 0.717) is 5.56 Å². The van der Waals surface area contributed by atoms with Gasteiger partial charge in [-0.15, -0.1) is 0 Å². The smallest absolute Gasteiger partial charge is 0.291 e. The predicted octanol–water partition coefficient (Wildman–Crippen LogP) is 4.17. The maximum atomic E-state index is 12.6. The van der Waals surface area contributed by atoms with Crippen LogP contribution in [-0.2, 0) is 11.2 Å². The summed E-state index contributed by atoms with van der Waals surface area (Å²) in [7, 11) is -2.13. The number of hydrogen-bond acceptors (Lipinski definition) is 2. The van der Waals surface area contributed by atoms with E-state index in [1.807, 2.05) is 16.7 Å². The van der Waals surface area contributed by atoms with Gasteiger partial charge in [0.25, 0.3) is 11.7 Å². The Bertz CT molecular complexity index is 599. The molecule has 0 atom stereocenters. The Kier molecular flexibility index (Phi) is 3.87. The predicted molar refractivity (Wildman–Crippen MR) is 89.5 cm³/mol. The van der Waals surface area contributed by atoms with E-state index < -0.39 is 8.24 Å². The topological polar surface area (TPSA) is 37.4 Å². The van der Waals surface area contributed by atoms with E-state index in [4.69, 9.17) is 0 Å². The normalized spacial score (nSPS) is 15.6. The van der Waals surface area contributed by atoms with Gasteiger partial charge in [0.05, 0.1) is 11.3 Å². The molecule has 0 bridgehead atoms. The second kappa shape index (κ2) is 5.09. The molecule has 3 nitrogen and oxygen atoms in total. The average Bonchev–Trinajstić information content (AvgIpc) is 2.63. The lowest BCUT2D eigenvalue weighted by molar-refractivity contribution is -0.113. The lowest BCUT2D eigenvalue weighted by Gasteiger charge is -2.44. The summed E-state index contributed by atoms with van der Waals surface area (Å²) in [6.07, 6.45) is 1.90. The number of para-hydroxylation sites is 1. The fraction of sp³-hybridized carbons (Fsp3) is 0.529. The van der Waals surface area contributed by atoms with Crippen molar-refractivity contribution in [1.82, 2.24) is 0 Å². The Hall–Kier alpha value is -1.42. The van der Waals surface area contributed by atoms with Crippen LogP contribution in [0, 0.1) is 0 Å². The molecule has 1 aliphatic rings. The van der Waals surface area contributed by atoms with Gasteiger partial charge >= 0.3 is 0 Å². The number of anilines is 1. The summed E-state index contributed by atoms with van der Waals surface area (Å²) < 4.78 is 1.87. The third-order valence-corrected chi connectivity index (χ3v) is 10.1. The quantitative estimate of drug-likeness (QED) is 0.620. The maximum Gasteiger partial charge on any atom is 0.291 e. The number of ketones is 1. The fourth-order valence-electron chi connectivity index (χ4n) is 2.70. The molecule has 0 unspecified atom stereocenters. The summed E-state index contributed by atoms with van der Waals surface area (Å²) in [6.45, 7) is 13.0. The molecule has 4 heteroatoms. The monoisotopic (exact) mass is 303 g/mol. The molecule has 114 valence electrons. The molecule has 0 fully saturated rings. The van der Waals surface area contributed by atoms with Crippen LogP contribution < -0.4 is 4.57 Å². The molecule has 1 aliphatic heterocycles. The van der Waals surface area contributed by atoms with Gasteiger partial charge in [-0.2, -0.15) is 0 Å². The highest BCUT2D eigenvalue weighted by Crippen LogP contribution is 2.45. The molecule has 0 aliphatic carbocycles. The number of nitrogens with zero attached hydrogens (tertiary/aromatic N) is 1. The standard InChI is InChI=1S/C17H25NO2Si/c1-7-9-12-10-8-11-13-14(12)18(16(20)15(13)19)21(5,6)17(2,3)4/h8,10-11H,7,9H2,1-6H3. The Morgan fingerprint density at radius 1 is 1.14 bits per heavy atom. The summed E-state index contributed by atoms with van der Waals surface area (Å²) in [4.78, 5) is 25.0. The zero-order chi connectivity index (χ0) is 16.0. The van der Waals surface area contributed by atoms with Crippen LogP contribution in [0.15, 0.2) is 18.2 Å². The van der Waals surface area contributed by atoms with Crippen molar-refractivity contribution >= 4 is 25.6 Å². The Balaban J connectivity index is 2.67. The molecule has 2 rings (SSSR count). The van der Waals surface area contributed by atoms with Gasteiger partial charge in [-0.3, -0.25) is 9.59 Å². The van der Waals surface area contributed by atoms with Crippen molar-refractivity contribution in [2.75, 3.05) is 4.57 Å². The van der Waals surface area contributed by atoms with Gasteiger partial charge in [0.2, 0.25) is 0 Å². The van der Waals surface area contributed by atoms with Crippen LogP contribution in [0.2, 0.25) is 18.1 Å². The number of benzene rings is 1. The van der Waals surface area contributed by atoms with Crippen molar-refractivity contribution in [2.24, 2.45) is 0 Å². The average molecular weight is 303 g/mol. The van der Waals surface area contributed by atoms with Crippen LogP contribution in [0.25, 0.3) is 0 Å². The number of Topliss-reactive ketones (excluding diaryl/α,β-unsaturated/α-hetero) is 1. The van der Waals surface area contributed by atoms with E-state index >= 15 is 0 Å². The molecular weight excluding hydrogens is 278 g/mol. The number of carbonyl (C=O) groups excluding carboxylic acids is 2. The molecule has 0 radical (unpaired) electrons. The number of rotatable bonds is 3. The molecule has 1 aromatic rings. The summed E-state index contributed by atoms with van der Waals surface area (Å²) in [5, 5.41) is 0.00385. The van der Waals surface area contributed by atoms with Crippen LogP contribution in [0.5, 0.6) is 0 Å². The largest absolute Gasteiger partial charge is 0.332 e. The summed E-state index contributed by atoms with van der Waals surface area (Å²) in [5.74, 6) is -0.673. The minimum Gasteiger partial charge on any atom is -0.332 e. The molecule has 21 heavy (non-hydrogen) atoms. The maximum absolute atomic E-state index is 12.6. The lowest BCUT2D eigenvalue weighted by atomic mass is 10.0. The third kappa shape index (κ3) is 2.35. The van der Waals surface area contributed by atoms with Gasteiger partial charge in [0.1, 0.15) is 0 Å². The van der Waals surface area contributed by atoms with Gasteiger partial charge in [-0.05, 0) is 23.1 Å². The molecular formula is C17H25NO2Si. The molecule has 1 aromatic carbocycles. The lowest BCUT2D eigenvalue weighted by Crippen LogP contribution is -2.57. The summed E-state index contributed by atoms with van der Waals surface area (Å²) in [5.41, 5.74) is 2.61. The zero-order valence-electron chi connectivity index (χ0n) is 13.9. The van der Waals surface area contributed by atoms with Gasteiger partial charge in [-0.25, -0.2) is 0 Å². The van der Waals surface area contributed by atoms with Gasteiger partial charge in [0, 0.05) is 0 Å². The molecule has 0 N–H and O–H groups in total. The van der Waals surface area contributed by atoms with Crippen molar-refractivity contribution < 1.29 is 9.59 Å². The summed E-state index contributed by atoms with van der Waals surface area (Å²) in [6, 6.07) is 5.74. The number of amides is 1. The van der Waals surface area contributed by atoms with Crippen molar-refractivity contribution in [3.63, 3.8) is 0 Å². The van der Waals surface area contributed by atoms with Crippen molar-refractivity contribution in [2.45, 2.75) is 58.7 Å². The first kappa shape index (κ1) is 16.0. The van der Waals surface area contributed by atoms with Crippen molar-refractivity contribution in [1.29, 1.82) is 0 Å². The Morgan fingerprint density at radius 2 is 1.76 bits per heavy atom. The van der Waals surface area contributed by atoms with E-state index in [0.717, 1.165) is 24.1 Å². The highest BCUT2D eigenvalue weighted by molar-refractivity contribution is 6.90. The Morgan fingerprint density at radius 3 is 2.29 bits per heavy atom. The number of aryl methyl sites for hydroxylation is 1. The molecule has 0 saturated carbocycles. The van der Waals surface area contributed by atoms with Crippen LogP contribution in [0.3, 0.4) is 0 Å². The fourth-order valence-corrected chi connectivity index (χ4v) is 4.80. The Labute approximate surface area is 128 Å². The molecule has 0 spiro atoms. The number of carbonyl (C=O) groups is 2. The minimum absolute atomic E-state index is 0.00385.